The van der Waals surface area contributed by atoms with Gasteiger partial charge < -0.3 is 5.21 Å². The van der Waals surface area contributed by atoms with Gasteiger partial charge in [-0.2, -0.15) is 0 Å². The quantitative estimate of drug-likeness (QED) is 0.448. The summed E-state index contributed by atoms with van der Waals surface area (Å²) in [4.78, 5) is 12.4. The van der Waals surface area contributed by atoms with Gasteiger partial charge in [0.05, 0.1) is 10.3 Å². The molecule has 18 heavy (non-hydrogen) atoms. The highest BCUT2D eigenvalue weighted by Gasteiger charge is 2.14. The maximum Gasteiger partial charge on any atom is 0.300 e. The van der Waals surface area contributed by atoms with E-state index < -0.39 is 0 Å². The summed E-state index contributed by atoms with van der Waals surface area (Å²) in [6, 6.07) is 11.1. The molecule has 0 bridgehead atoms. The average Bonchev–Trinajstić information content (AvgIpc) is 2.36. The summed E-state index contributed by atoms with van der Waals surface area (Å²) in [5.74, 6) is 0. The fourth-order valence-corrected chi connectivity index (χ4v) is 2.25. The van der Waals surface area contributed by atoms with Crippen LogP contribution in [0.1, 0.15) is 11.1 Å². The second-order valence-corrected chi connectivity index (χ2v) is 4.59. The summed E-state index contributed by atoms with van der Waals surface area (Å²) < 4.78 is 0.407. The van der Waals surface area contributed by atoms with Crippen LogP contribution in [-0.2, 0) is 0 Å². The van der Waals surface area contributed by atoms with Crippen molar-refractivity contribution in [2.45, 2.75) is 13.8 Å². The Labute approximate surface area is 103 Å². The molecule has 0 atom stereocenters. The van der Waals surface area contributed by atoms with Crippen LogP contribution in [0.15, 0.2) is 36.4 Å². The molecule has 0 fully saturated rings. The van der Waals surface area contributed by atoms with Gasteiger partial charge in [-0.1, -0.05) is 18.2 Å². The molecule has 0 radical (unpaired) electrons. The first-order chi connectivity index (χ1) is 8.58. The van der Waals surface area contributed by atoms with Crippen LogP contribution in [0, 0.1) is 24.0 Å². The van der Waals surface area contributed by atoms with E-state index in [9.17, 15) is 10.1 Å². The number of rotatable bonds is 0. The first kappa shape index (κ1) is 10.8. The maximum atomic E-state index is 12.0. The molecule has 4 heteroatoms. The molecule has 0 aliphatic heterocycles. The molecular weight excluding hydrogens is 228 g/mol. The number of hydrogen-bond donors (Lipinski definition) is 0. The summed E-state index contributed by atoms with van der Waals surface area (Å²) in [7, 11) is 0. The lowest BCUT2D eigenvalue weighted by atomic mass is 10.1. The molecule has 1 heterocycles. The Kier molecular flexibility index (Phi) is 2.13. The predicted molar refractivity (Wildman–Crippen MR) is 71.1 cm³/mol. The van der Waals surface area contributed by atoms with Gasteiger partial charge in [-0.15, -0.1) is 4.85 Å². The zero-order valence-electron chi connectivity index (χ0n) is 10.2. The van der Waals surface area contributed by atoms with E-state index >= 15 is 0 Å². The summed E-state index contributed by atoms with van der Waals surface area (Å²) >= 11 is 0. The Morgan fingerprint density at radius 2 is 1.61 bits per heavy atom. The lowest BCUT2D eigenvalue weighted by molar-refractivity contribution is -0.556. The van der Waals surface area contributed by atoms with E-state index in [1.807, 2.05) is 38.1 Å². The third-order valence-electron chi connectivity index (χ3n) is 3.17. The molecule has 0 saturated carbocycles. The van der Waals surface area contributed by atoms with Crippen molar-refractivity contribution in [2.24, 2.45) is 0 Å². The second kappa shape index (κ2) is 3.57. The van der Waals surface area contributed by atoms with E-state index in [0.29, 0.717) is 20.4 Å². The lowest BCUT2D eigenvalue weighted by Crippen LogP contribution is -2.28. The summed E-state index contributed by atoms with van der Waals surface area (Å²) in [5.41, 5.74) is 2.72. The molecule has 0 amide bonds. The van der Waals surface area contributed by atoms with Crippen molar-refractivity contribution in [3.05, 3.63) is 57.6 Å². The molecule has 2 aromatic carbocycles. The van der Waals surface area contributed by atoms with Gasteiger partial charge in [0.2, 0.25) is 0 Å². The highest BCUT2D eigenvalue weighted by atomic mass is 16.5. The van der Waals surface area contributed by atoms with E-state index in [2.05, 4.69) is 0 Å². The minimum atomic E-state index is 0.404. The monoisotopic (exact) mass is 240 g/mol. The summed E-state index contributed by atoms with van der Waals surface area (Å²) in [6.45, 7) is 3.79. The van der Waals surface area contributed by atoms with Crippen molar-refractivity contribution in [3.8, 4) is 0 Å². The molecule has 0 unspecified atom stereocenters. The molecule has 4 nitrogen and oxygen atoms in total. The average molecular weight is 240 g/mol. The van der Waals surface area contributed by atoms with Crippen molar-refractivity contribution in [3.63, 3.8) is 0 Å². The van der Waals surface area contributed by atoms with E-state index in [0.717, 1.165) is 21.9 Å². The van der Waals surface area contributed by atoms with Crippen LogP contribution in [0.5, 0.6) is 0 Å². The van der Waals surface area contributed by atoms with Gasteiger partial charge in [0.1, 0.15) is 5.52 Å². The van der Waals surface area contributed by atoms with E-state index in [1.54, 1.807) is 12.1 Å². The molecule has 0 aliphatic rings. The van der Waals surface area contributed by atoms with Crippen molar-refractivity contribution < 1.29 is 4.54 Å². The van der Waals surface area contributed by atoms with E-state index in [1.165, 1.54) is 0 Å². The Balaban J connectivity index is 2.66. The second-order valence-electron chi connectivity index (χ2n) is 4.59. The van der Waals surface area contributed by atoms with Crippen LogP contribution in [-0.4, -0.2) is 4.85 Å². The number of hydrogen-bond acceptors (Lipinski definition) is 2. The normalized spacial score (nSPS) is 11.2. The minimum absolute atomic E-state index is 0.404. The molecule has 0 saturated heterocycles. The highest BCUT2D eigenvalue weighted by molar-refractivity contribution is 6.02. The van der Waals surface area contributed by atoms with Gasteiger partial charge in [0.15, 0.2) is 4.54 Å². The number of nitrogens with zero attached hydrogens (tertiary/aromatic N) is 2. The van der Waals surface area contributed by atoms with Crippen molar-refractivity contribution in [1.82, 2.24) is 4.85 Å². The van der Waals surface area contributed by atoms with Gasteiger partial charge in [-0.25, -0.2) is 0 Å². The van der Waals surface area contributed by atoms with Crippen LogP contribution in [0.2, 0.25) is 0 Å². The fourth-order valence-electron chi connectivity index (χ4n) is 2.25. The van der Waals surface area contributed by atoms with Crippen LogP contribution < -0.4 is 4.54 Å². The van der Waals surface area contributed by atoms with E-state index in [-0.39, 0.29) is 0 Å². The number of aromatic nitrogens is 2. The van der Waals surface area contributed by atoms with Crippen LogP contribution in [0.4, 0.5) is 0 Å². The molecular formula is C14H12N2O2. The third kappa shape index (κ3) is 1.39. The fraction of sp³-hybridized carbons (Fsp3) is 0.143. The smallest absolute Gasteiger partial charge is 0.300 e. The van der Waals surface area contributed by atoms with Crippen LogP contribution in [0.3, 0.4) is 0 Å². The summed E-state index contributed by atoms with van der Waals surface area (Å²) in [5, 5.41) is 13.6. The molecule has 3 aromatic rings. The number of aryl methyl sites for hydroxylation is 2. The largest absolute Gasteiger partial charge is 0.755 e. The molecule has 0 spiro atoms. The number of fused-ring (bicyclic) bond motifs is 3. The van der Waals surface area contributed by atoms with Gasteiger partial charge >= 0.3 is 0 Å². The Bertz CT molecular complexity index is 834. The zero-order valence-corrected chi connectivity index (χ0v) is 10.2. The maximum absolute atomic E-state index is 12.0. The first-order valence-corrected chi connectivity index (χ1v) is 5.74. The van der Waals surface area contributed by atoms with Crippen LogP contribution in [0.25, 0.3) is 21.8 Å². The molecule has 1 aromatic heterocycles. The molecule has 0 N–H and O–H groups in total. The van der Waals surface area contributed by atoms with Gasteiger partial charge in [0.25, 0.3) is 5.52 Å². The Hall–Kier alpha value is -2.36. The highest BCUT2D eigenvalue weighted by Crippen LogP contribution is 2.23. The van der Waals surface area contributed by atoms with Crippen molar-refractivity contribution in [2.75, 3.05) is 0 Å². The van der Waals surface area contributed by atoms with E-state index in [4.69, 9.17) is 0 Å². The molecule has 90 valence electrons. The third-order valence-corrected chi connectivity index (χ3v) is 3.17. The zero-order chi connectivity index (χ0) is 12.9. The van der Waals surface area contributed by atoms with Crippen LogP contribution >= 0.6 is 0 Å². The topological polar surface area (TPSA) is 51.0 Å². The molecule has 0 aliphatic carbocycles. The van der Waals surface area contributed by atoms with Gasteiger partial charge in [0, 0.05) is 11.5 Å². The SMILES string of the molecule is Cc1ccc2c3ccc(C)cc3[n+](=O)n([O-])c2c1. The van der Waals surface area contributed by atoms with Gasteiger partial charge in [-0.3, -0.25) is 0 Å². The van der Waals surface area contributed by atoms with Crippen molar-refractivity contribution in [1.29, 1.82) is 0 Å². The standard InChI is InChI=1S/C14H12N2O2/c1-9-3-5-11-12-6-4-10(2)8-14(12)16(18)15(17)13(11)7-9/h3-8H,1-2H3. The van der Waals surface area contributed by atoms with Gasteiger partial charge in [-0.05, 0) is 37.1 Å². The predicted octanol–water partition coefficient (Wildman–Crippen LogP) is 2.67. The Morgan fingerprint density at radius 1 is 1.00 bits per heavy atom. The van der Waals surface area contributed by atoms with Crippen molar-refractivity contribution >= 4 is 21.8 Å². The lowest BCUT2D eigenvalue weighted by Gasteiger charge is -2.08. The first-order valence-electron chi connectivity index (χ1n) is 5.74. The summed E-state index contributed by atoms with van der Waals surface area (Å²) in [6.07, 6.45) is 0. The molecule has 3 rings (SSSR count). The minimum Gasteiger partial charge on any atom is -0.755 e. The number of benzene rings is 2. The Morgan fingerprint density at radius 3 is 2.33 bits per heavy atom.